The van der Waals surface area contributed by atoms with Gasteiger partial charge in [-0.05, 0) is 11.5 Å². The molecule has 5 nitrogen and oxygen atoms in total. The zero-order chi connectivity index (χ0) is 14.4. The van der Waals surface area contributed by atoms with Gasteiger partial charge in [0.1, 0.15) is 5.82 Å². The van der Waals surface area contributed by atoms with Crippen molar-refractivity contribution in [2.75, 3.05) is 7.05 Å². The Bertz CT molecular complexity index is 557. The molecule has 1 fully saturated rings. The molecule has 1 amide bonds. The summed E-state index contributed by atoms with van der Waals surface area (Å²) < 4.78 is 14.0. The van der Waals surface area contributed by atoms with Gasteiger partial charge in [0.15, 0.2) is 0 Å². The Labute approximate surface area is 110 Å². The summed E-state index contributed by atoms with van der Waals surface area (Å²) in [5.74, 6) is -0.605. The normalized spacial score (nSPS) is 21.8. The number of nitro benzene ring substituents is 1. The van der Waals surface area contributed by atoms with Gasteiger partial charge in [0.05, 0.1) is 11.0 Å². The number of halogens is 1. The number of carbonyl (C=O) groups excluding carboxylic acids is 1. The molecular formula is C13H15FN2O3. The number of hydrogen-bond donors (Lipinski definition) is 0. The van der Waals surface area contributed by atoms with Crippen LogP contribution >= 0.6 is 0 Å². The minimum atomic E-state index is -0.563. The van der Waals surface area contributed by atoms with Crippen molar-refractivity contribution in [3.05, 3.63) is 39.7 Å². The second-order valence-corrected chi connectivity index (χ2v) is 5.54. The standard InChI is InChI=1S/C13H15FN2O3/c1-13(2)7-11(17)15(3)12(13)9-6-8(16(18)19)4-5-10(9)14/h4-6,12H,7H2,1-3H3. The number of amides is 1. The van der Waals surface area contributed by atoms with Crippen LogP contribution in [0.3, 0.4) is 0 Å². The van der Waals surface area contributed by atoms with Crippen LogP contribution in [0.1, 0.15) is 31.9 Å². The summed E-state index contributed by atoms with van der Waals surface area (Å²) in [6, 6.07) is 2.94. The van der Waals surface area contributed by atoms with E-state index in [0.717, 1.165) is 12.1 Å². The third-order valence-corrected chi connectivity index (χ3v) is 3.61. The van der Waals surface area contributed by atoms with E-state index in [2.05, 4.69) is 0 Å². The molecule has 1 aliphatic rings. The maximum atomic E-state index is 14.0. The SMILES string of the molecule is CN1C(=O)CC(C)(C)C1c1cc([N+](=O)[O-])ccc1F. The van der Waals surface area contributed by atoms with Gasteiger partial charge in [0.25, 0.3) is 5.69 Å². The highest BCUT2D eigenvalue weighted by Gasteiger charge is 2.45. The summed E-state index contributed by atoms with van der Waals surface area (Å²) in [5, 5.41) is 10.8. The number of nitro groups is 1. The molecule has 1 heterocycles. The Morgan fingerprint density at radius 2 is 2.11 bits per heavy atom. The number of likely N-dealkylation sites (tertiary alicyclic amines) is 1. The first-order valence-electron chi connectivity index (χ1n) is 5.93. The number of hydrogen-bond acceptors (Lipinski definition) is 3. The molecule has 1 aliphatic heterocycles. The van der Waals surface area contributed by atoms with Gasteiger partial charge in [-0.1, -0.05) is 13.8 Å². The van der Waals surface area contributed by atoms with Crippen molar-refractivity contribution in [3.8, 4) is 0 Å². The van der Waals surface area contributed by atoms with E-state index in [4.69, 9.17) is 0 Å². The fourth-order valence-corrected chi connectivity index (χ4v) is 2.76. The van der Waals surface area contributed by atoms with Gasteiger partial charge in [-0.3, -0.25) is 14.9 Å². The summed E-state index contributed by atoms with van der Waals surface area (Å²) in [5.41, 5.74) is -0.422. The van der Waals surface area contributed by atoms with Crippen LogP contribution in [0.5, 0.6) is 0 Å². The van der Waals surface area contributed by atoms with Crippen LogP contribution in [0.25, 0.3) is 0 Å². The van der Waals surface area contributed by atoms with Gasteiger partial charge >= 0.3 is 0 Å². The minimum absolute atomic E-state index is 0.0825. The lowest BCUT2D eigenvalue weighted by atomic mass is 9.80. The Kier molecular flexibility index (Phi) is 3.04. The number of benzene rings is 1. The van der Waals surface area contributed by atoms with Gasteiger partial charge in [-0.25, -0.2) is 4.39 Å². The highest BCUT2D eigenvalue weighted by Crippen LogP contribution is 2.47. The molecule has 0 aliphatic carbocycles. The Morgan fingerprint density at radius 3 is 2.58 bits per heavy atom. The summed E-state index contributed by atoms with van der Waals surface area (Å²) in [6.07, 6.45) is 0.302. The van der Waals surface area contributed by atoms with Crippen molar-refractivity contribution in [1.29, 1.82) is 0 Å². The van der Waals surface area contributed by atoms with Crippen LogP contribution in [0.2, 0.25) is 0 Å². The van der Waals surface area contributed by atoms with Crippen LogP contribution in [0, 0.1) is 21.3 Å². The van der Waals surface area contributed by atoms with E-state index in [0.29, 0.717) is 6.42 Å². The summed E-state index contributed by atoms with van der Waals surface area (Å²) in [6.45, 7) is 3.72. The second-order valence-electron chi connectivity index (χ2n) is 5.54. The topological polar surface area (TPSA) is 63.5 Å². The zero-order valence-corrected chi connectivity index (χ0v) is 11.0. The molecule has 19 heavy (non-hydrogen) atoms. The molecular weight excluding hydrogens is 251 g/mol. The molecule has 0 saturated carbocycles. The minimum Gasteiger partial charge on any atom is -0.338 e. The first-order valence-corrected chi connectivity index (χ1v) is 5.93. The van der Waals surface area contributed by atoms with E-state index in [1.165, 1.54) is 11.0 Å². The van der Waals surface area contributed by atoms with Crippen molar-refractivity contribution >= 4 is 11.6 Å². The van der Waals surface area contributed by atoms with E-state index in [9.17, 15) is 19.3 Å². The predicted molar refractivity (Wildman–Crippen MR) is 67.0 cm³/mol. The van der Waals surface area contributed by atoms with Crippen molar-refractivity contribution in [2.24, 2.45) is 5.41 Å². The maximum Gasteiger partial charge on any atom is 0.269 e. The van der Waals surface area contributed by atoms with E-state index >= 15 is 0 Å². The Balaban J connectivity index is 2.54. The molecule has 0 bridgehead atoms. The Morgan fingerprint density at radius 1 is 1.47 bits per heavy atom. The van der Waals surface area contributed by atoms with Crippen LogP contribution in [-0.2, 0) is 4.79 Å². The molecule has 0 spiro atoms. The van der Waals surface area contributed by atoms with Crippen molar-refractivity contribution in [1.82, 2.24) is 4.90 Å². The predicted octanol–water partition coefficient (Wildman–Crippen LogP) is 2.66. The van der Waals surface area contributed by atoms with Crippen LogP contribution < -0.4 is 0 Å². The lowest BCUT2D eigenvalue weighted by molar-refractivity contribution is -0.385. The van der Waals surface area contributed by atoms with E-state index in [1.54, 1.807) is 7.05 Å². The van der Waals surface area contributed by atoms with Gasteiger partial charge in [0, 0.05) is 31.2 Å². The lowest BCUT2D eigenvalue weighted by Crippen LogP contribution is -2.28. The van der Waals surface area contributed by atoms with E-state index < -0.39 is 22.2 Å². The molecule has 102 valence electrons. The average molecular weight is 266 g/mol. The monoisotopic (exact) mass is 266 g/mol. The molecule has 6 heteroatoms. The third-order valence-electron chi connectivity index (χ3n) is 3.61. The fraction of sp³-hybridized carbons (Fsp3) is 0.462. The molecule has 0 aromatic heterocycles. The summed E-state index contributed by atoms with van der Waals surface area (Å²) >= 11 is 0. The van der Waals surface area contributed by atoms with E-state index in [1.807, 2.05) is 13.8 Å². The first kappa shape index (κ1) is 13.5. The Hall–Kier alpha value is -1.98. The summed E-state index contributed by atoms with van der Waals surface area (Å²) in [4.78, 5) is 23.5. The molecule has 0 radical (unpaired) electrons. The largest absolute Gasteiger partial charge is 0.338 e. The van der Waals surface area contributed by atoms with Crippen LogP contribution in [-0.4, -0.2) is 22.8 Å². The lowest BCUT2D eigenvalue weighted by Gasteiger charge is -2.30. The highest BCUT2D eigenvalue weighted by atomic mass is 19.1. The highest BCUT2D eigenvalue weighted by molar-refractivity contribution is 5.80. The van der Waals surface area contributed by atoms with E-state index in [-0.39, 0.29) is 17.2 Å². The smallest absolute Gasteiger partial charge is 0.269 e. The average Bonchev–Trinajstić information content (AvgIpc) is 2.49. The van der Waals surface area contributed by atoms with Gasteiger partial charge in [0.2, 0.25) is 5.91 Å². The molecule has 0 N–H and O–H groups in total. The fourth-order valence-electron chi connectivity index (χ4n) is 2.76. The number of nitrogens with zero attached hydrogens (tertiary/aromatic N) is 2. The van der Waals surface area contributed by atoms with Gasteiger partial charge < -0.3 is 4.90 Å². The molecule has 2 rings (SSSR count). The quantitative estimate of drug-likeness (QED) is 0.610. The summed E-state index contributed by atoms with van der Waals surface area (Å²) in [7, 11) is 1.60. The molecule has 1 aromatic carbocycles. The maximum absolute atomic E-state index is 14.0. The van der Waals surface area contributed by atoms with Gasteiger partial charge in [-0.2, -0.15) is 0 Å². The molecule has 1 aromatic rings. The first-order chi connectivity index (χ1) is 8.74. The molecule has 1 atom stereocenters. The van der Waals surface area contributed by atoms with Crippen LogP contribution in [0.15, 0.2) is 18.2 Å². The van der Waals surface area contributed by atoms with Crippen LogP contribution in [0.4, 0.5) is 10.1 Å². The zero-order valence-electron chi connectivity index (χ0n) is 11.0. The number of carbonyl (C=O) groups is 1. The number of rotatable bonds is 2. The van der Waals surface area contributed by atoms with Crippen molar-refractivity contribution < 1.29 is 14.1 Å². The molecule has 1 unspecified atom stereocenters. The second kappa shape index (κ2) is 4.29. The number of non-ortho nitro benzene ring substituents is 1. The third kappa shape index (κ3) is 2.18. The van der Waals surface area contributed by atoms with Crippen molar-refractivity contribution in [2.45, 2.75) is 26.3 Å². The molecule has 1 saturated heterocycles. The van der Waals surface area contributed by atoms with Crippen molar-refractivity contribution in [3.63, 3.8) is 0 Å². The van der Waals surface area contributed by atoms with Gasteiger partial charge in [-0.15, -0.1) is 0 Å².